The second kappa shape index (κ2) is 6.40. The minimum absolute atomic E-state index is 0.114. The van der Waals surface area contributed by atoms with Gasteiger partial charge >= 0.3 is 0 Å². The highest BCUT2D eigenvalue weighted by atomic mass is 32.2. The summed E-state index contributed by atoms with van der Waals surface area (Å²) in [6.45, 7) is 5.53. The summed E-state index contributed by atoms with van der Waals surface area (Å²) in [5.41, 5.74) is -0.607. The SMILES string of the molecule is CCCC(C)(C)NS(=O)(=O)c1ccc(NC)c([N+](=O)[O-])c1. The first-order valence-corrected chi connectivity index (χ1v) is 8.11. The number of nitrogens with zero attached hydrogens (tertiary/aromatic N) is 1. The average Bonchev–Trinajstić information content (AvgIpc) is 2.36. The van der Waals surface area contributed by atoms with E-state index in [4.69, 9.17) is 0 Å². The van der Waals surface area contributed by atoms with Gasteiger partial charge in [-0.2, -0.15) is 0 Å². The molecule has 8 heteroatoms. The summed E-state index contributed by atoms with van der Waals surface area (Å²) in [4.78, 5) is 10.3. The highest BCUT2D eigenvalue weighted by Crippen LogP contribution is 2.27. The fourth-order valence-corrected chi connectivity index (χ4v) is 3.60. The number of nitro benzene ring substituents is 1. The predicted molar refractivity (Wildman–Crippen MR) is 82.0 cm³/mol. The Labute approximate surface area is 124 Å². The van der Waals surface area contributed by atoms with Crippen molar-refractivity contribution in [2.75, 3.05) is 12.4 Å². The topological polar surface area (TPSA) is 101 Å². The third kappa shape index (κ3) is 4.40. The predicted octanol–water partition coefficient (Wildman–Crippen LogP) is 2.49. The number of rotatable bonds is 7. The zero-order valence-corrected chi connectivity index (χ0v) is 13.5. The van der Waals surface area contributed by atoms with Crippen molar-refractivity contribution in [3.8, 4) is 0 Å². The number of nitrogens with one attached hydrogen (secondary N) is 2. The Hall–Kier alpha value is -1.67. The van der Waals surface area contributed by atoms with Crippen LogP contribution in [0.5, 0.6) is 0 Å². The first kappa shape index (κ1) is 17.4. The van der Waals surface area contributed by atoms with Crippen molar-refractivity contribution in [3.05, 3.63) is 28.3 Å². The first-order valence-electron chi connectivity index (χ1n) is 6.63. The largest absolute Gasteiger partial charge is 0.383 e. The molecule has 21 heavy (non-hydrogen) atoms. The van der Waals surface area contributed by atoms with E-state index >= 15 is 0 Å². The maximum absolute atomic E-state index is 12.3. The summed E-state index contributed by atoms with van der Waals surface area (Å²) in [6, 6.07) is 3.80. The van der Waals surface area contributed by atoms with Gasteiger partial charge in [0.05, 0.1) is 9.82 Å². The van der Waals surface area contributed by atoms with Crippen molar-refractivity contribution in [1.82, 2.24) is 4.72 Å². The number of sulfonamides is 1. The van der Waals surface area contributed by atoms with Crippen LogP contribution in [-0.2, 0) is 10.0 Å². The number of hydrogen-bond acceptors (Lipinski definition) is 5. The summed E-state index contributed by atoms with van der Waals surface area (Å²) in [5.74, 6) is 0. The van der Waals surface area contributed by atoms with E-state index in [0.29, 0.717) is 6.42 Å². The van der Waals surface area contributed by atoms with E-state index in [1.54, 1.807) is 20.9 Å². The lowest BCUT2D eigenvalue weighted by atomic mass is 10.0. The number of nitro groups is 1. The normalized spacial score (nSPS) is 12.2. The van der Waals surface area contributed by atoms with Gasteiger partial charge in [-0.15, -0.1) is 0 Å². The molecule has 0 amide bonds. The van der Waals surface area contributed by atoms with Crippen LogP contribution in [0.4, 0.5) is 11.4 Å². The molecule has 0 spiro atoms. The van der Waals surface area contributed by atoms with Crippen LogP contribution < -0.4 is 10.0 Å². The Morgan fingerprint density at radius 3 is 2.43 bits per heavy atom. The number of benzene rings is 1. The highest BCUT2D eigenvalue weighted by molar-refractivity contribution is 7.89. The summed E-state index contributed by atoms with van der Waals surface area (Å²) in [6.07, 6.45) is 1.50. The standard InChI is InChI=1S/C13H21N3O4S/c1-5-8-13(2,3)15-21(19,20)10-6-7-11(14-4)12(9-10)16(17)18/h6-7,9,14-15H,5,8H2,1-4H3. The van der Waals surface area contributed by atoms with Gasteiger partial charge in [0, 0.05) is 18.7 Å². The van der Waals surface area contributed by atoms with Crippen molar-refractivity contribution >= 4 is 21.4 Å². The quantitative estimate of drug-likeness (QED) is 0.594. The summed E-state index contributed by atoms with van der Waals surface area (Å²) >= 11 is 0. The molecular weight excluding hydrogens is 294 g/mol. The second-order valence-corrected chi connectivity index (χ2v) is 7.11. The summed E-state index contributed by atoms with van der Waals surface area (Å²) in [7, 11) is -2.26. The Morgan fingerprint density at radius 2 is 1.95 bits per heavy atom. The molecular formula is C13H21N3O4S. The van der Waals surface area contributed by atoms with E-state index in [1.165, 1.54) is 12.1 Å². The van der Waals surface area contributed by atoms with E-state index in [2.05, 4.69) is 10.0 Å². The molecule has 2 N–H and O–H groups in total. The molecule has 7 nitrogen and oxygen atoms in total. The van der Waals surface area contributed by atoms with Crippen molar-refractivity contribution in [1.29, 1.82) is 0 Å². The molecule has 0 aliphatic rings. The zero-order chi connectivity index (χ0) is 16.3. The van der Waals surface area contributed by atoms with Crippen LogP contribution in [0.1, 0.15) is 33.6 Å². The van der Waals surface area contributed by atoms with Crippen LogP contribution in [0, 0.1) is 10.1 Å². The molecule has 0 aliphatic carbocycles. The lowest BCUT2D eigenvalue weighted by Crippen LogP contribution is -2.43. The van der Waals surface area contributed by atoms with Crippen LogP contribution in [0.2, 0.25) is 0 Å². The third-order valence-corrected chi connectivity index (χ3v) is 4.73. The molecule has 0 fully saturated rings. The van der Waals surface area contributed by atoms with Crippen LogP contribution >= 0.6 is 0 Å². The molecule has 1 rings (SSSR count). The molecule has 0 atom stereocenters. The maximum Gasteiger partial charge on any atom is 0.293 e. The Bertz CT molecular complexity index is 626. The van der Waals surface area contributed by atoms with Gasteiger partial charge in [-0.3, -0.25) is 10.1 Å². The molecule has 0 unspecified atom stereocenters. The van der Waals surface area contributed by atoms with Gasteiger partial charge in [-0.1, -0.05) is 13.3 Å². The van der Waals surface area contributed by atoms with Gasteiger partial charge in [0.2, 0.25) is 10.0 Å². The Morgan fingerprint density at radius 1 is 1.33 bits per heavy atom. The van der Waals surface area contributed by atoms with E-state index in [9.17, 15) is 18.5 Å². The van der Waals surface area contributed by atoms with Crippen LogP contribution in [0.15, 0.2) is 23.1 Å². The van der Waals surface area contributed by atoms with E-state index in [-0.39, 0.29) is 16.3 Å². The smallest absolute Gasteiger partial charge is 0.293 e. The molecule has 118 valence electrons. The average molecular weight is 315 g/mol. The van der Waals surface area contributed by atoms with E-state index < -0.39 is 20.5 Å². The number of hydrogen-bond donors (Lipinski definition) is 2. The maximum atomic E-state index is 12.3. The highest BCUT2D eigenvalue weighted by Gasteiger charge is 2.27. The first-order chi connectivity index (χ1) is 9.63. The molecule has 0 aromatic heterocycles. The zero-order valence-electron chi connectivity index (χ0n) is 12.6. The minimum atomic E-state index is -3.80. The lowest BCUT2D eigenvalue weighted by molar-refractivity contribution is -0.384. The molecule has 0 aliphatic heterocycles. The van der Waals surface area contributed by atoms with Gasteiger partial charge in [-0.25, -0.2) is 13.1 Å². The molecule has 1 aromatic carbocycles. The van der Waals surface area contributed by atoms with Crippen molar-refractivity contribution < 1.29 is 13.3 Å². The molecule has 1 aromatic rings. The summed E-state index contributed by atoms with van der Waals surface area (Å²) < 4.78 is 27.3. The van der Waals surface area contributed by atoms with Gasteiger partial charge in [0.25, 0.3) is 5.69 Å². The van der Waals surface area contributed by atoms with Crippen LogP contribution in [-0.4, -0.2) is 25.9 Å². The molecule has 0 bridgehead atoms. The van der Waals surface area contributed by atoms with Gasteiger partial charge in [0.15, 0.2) is 0 Å². The van der Waals surface area contributed by atoms with Gasteiger partial charge < -0.3 is 5.32 Å². The van der Waals surface area contributed by atoms with Crippen molar-refractivity contribution in [2.24, 2.45) is 0 Å². The second-order valence-electron chi connectivity index (χ2n) is 5.43. The van der Waals surface area contributed by atoms with E-state index in [0.717, 1.165) is 12.5 Å². The fourth-order valence-electron chi connectivity index (χ4n) is 2.14. The Balaban J connectivity index is 3.21. The van der Waals surface area contributed by atoms with Crippen molar-refractivity contribution in [3.63, 3.8) is 0 Å². The molecule has 0 heterocycles. The van der Waals surface area contributed by atoms with Crippen molar-refractivity contribution in [2.45, 2.75) is 44.0 Å². The van der Waals surface area contributed by atoms with Crippen LogP contribution in [0.3, 0.4) is 0 Å². The lowest BCUT2D eigenvalue weighted by Gasteiger charge is -2.25. The monoisotopic (exact) mass is 315 g/mol. The molecule has 0 radical (unpaired) electrons. The Kier molecular flexibility index (Phi) is 5.30. The number of anilines is 1. The molecule has 0 saturated carbocycles. The third-order valence-electron chi connectivity index (χ3n) is 3.03. The fraction of sp³-hybridized carbons (Fsp3) is 0.538. The molecule has 0 saturated heterocycles. The van der Waals surface area contributed by atoms with E-state index in [1.807, 2.05) is 6.92 Å². The minimum Gasteiger partial charge on any atom is -0.383 e. The van der Waals surface area contributed by atoms with Gasteiger partial charge in [0.1, 0.15) is 5.69 Å². The summed E-state index contributed by atoms with van der Waals surface area (Å²) in [5, 5.41) is 13.7. The van der Waals surface area contributed by atoms with Crippen LogP contribution in [0.25, 0.3) is 0 Å². The van der Waals surface area contributed by atoms with Gasteiger partial charge in [-0.05, 0) is 32.4 Å².